The average molecular weight is 419 g/mol. The second kappa shape index (κ2) is 5.93. The highest BCUT2D eigenvalue weighted by Gasteiger charge is 2.23. The highest BCUT2D eigenvalue weighted by molar-refractivity contribution is 9.10. The van der Waals surface area contributed by atoms with Crippen LogP contribution in [-0.4, -0.2) is 16.3 Å². The van der Waals surface area contributed by atoms with Gasteiger partial charge in [-0.3, -0.25) is 4.57 Å². The van der Waals surface area contributed by atoms with Crippen LogP contribution < -0.4 is 0 Å². The summed E-state index contributed by atoms with van der Waals surface area (Å²) >= 11 is 6.63. The summed E-state index contributed by atoms with van der Waals surface area (Å²) in [5.74, 6) is -0.417. The van der Waals surface area contributed by atoms with Crippen molar-refractivity contribution in [2.75, 3.05) is 0 Å². The Morgan fingerprint density at radius 1 is 1.29 bits per heavy atom. The summed E-state index contributed by atoms with van der Waals surface area (Å²) in [4.78, 5) is 12.3. The Bertz CT molecular complexity index is 669. The van der Waals surface area contributed by atoms with E-state index in [1.165, 1.54) is 10.6 Å². The van der Waals surface area contributed by atoms with Crippen LogP contribution in [0.5, 0.6) is 0 Å². The molecule has 0 saturated heterocycles. The molecule has 6 heteroatoms. The minimum absolute atomic E-state index is 0.314. The Morgan fingerprint density at radius 2 is 1.95 bits per heavy atom. The Kier molecular flexibility index (Phi) is 4.58. The minimum Gasteiger partial charge on any atom is -0.443 e. The van der Waals surface area contributed by atoms with E-state index in [1.54, 1.807) is 45.2 Å². The minimum atomic E-state index is -0.627. The predicted octanol–water partition coefficient (Wildman–Crippen LogP) is 5.60. The van der Waals surface area contributed by atoms with Crippen molar-refractivity contribution < 1.29 is 13.9 Å². The number of benzene rings is 1. The zero-order chi connectivity index (χ0) is 15.8. The third kappa shape index (κ3) is 3.74. The molecule has 0 aliphatic carbocycles. The van der Waals surface area contributed by atoms with Gasteiger partial charge in [-0.15, -0.1) is 0 Å². The molecule has 0 unspecified atom stereocenters. The van der Waals surface area contributed by atoms with E-state index < -0.39 is 17.5 Å². The molecule has 3 nitrogen and oxygen atoms in total. The fourth-order valence-electron chi connectivity index (χ4n) is 1.83. The van der Waals surface area contributed by atoms with Gasteiger partial charge < -0.3 is 4.74 Å². The van der Waals surface area contributed by atoms with E-state index in [0.29, 0.717) is 20.2 Å². The molecule has 0 atom stereocenters. The van der Waals surface area contributed by atoms with Gasteiger partial charge in [0.15, 0.2) is 0 Å². The average Bonchev–Trinajstić information content (AvgIpc) is 2.69. The van der Waals surface area contributed by atoms with Gasteiger partial charge in [0.05, 0.1) is 5.69 Å². The molecule has 0 radical (unpaired) electrons. The van der Waals surface area contributed by atoms with E-state index in [-0.39, 0.29) is 0 Å². The van der Waals surface area contributed by atoms with E-state index in [9.17, 15) is 9.18 Å². The van der Waals surface area contributed by atoms with E-state index in [0.717, 1.165) is 0 Å². The quantitative estimate of drug-likeness (QED) is 0.603. The topological polar surface area (TPSA) is 31.2 Å². The zero-order valence-corrected chi connectivity index (χ0v) is 15.0. The van der Waals surface area contributed by atoms with Crippen LogP contribution >= 0.6 is 31.9 Å². The van der Waals surface area contributed by atoms with Crippen LogP contribution in [0.3, 0.4) is 0 Å². The van der Waals surface area contributed by atoms with Crippen molar-refractivity contribution in [3.63, 3.8) is 0 Å². The Hall–Kier alpha value is -1.14. The lowest BCUT2D eigenvalue weighted by Crippen LogP contribution is -2.27. The summed E-state index contributed by atoms with van der Waals surface area (Å²) < 4.78 is 22.0. The fourth-order valence-corrected chi connectivity index (χ4v) is 2.79. The van der Waals surface area contributed by atoms with Gasteiger partial charge in [-0.25, -0.2) is 9.18 Å². The van der Waals surface area contributed by atoms with Crippen molar-refractivity contribution in [3.8, 4) is 11.3 Å². The van der Waals surface area contributed by atoms with Crippen LogP contribution in [0.2, 0.25) is 0 Å². The number of nitrogens with zero attached hydrogens (tertiary/aromatic N) is 1. The van der Waals surface area contributed by atoms with E-state index in [2.05, 4.69) is 31.9 Å². The lowest BCUT2D eigenvalue weighted by atomic mass is 10.1. The molecule has 0 amide bonds. The molecule has 21 heavy (non-hydrogen) atoms. The zero-order valence-electron chi connectivity index (χ0n) is 11.8. The third-order valence-electron chi connectivity index (χ3n) is 2.60. The molecule has 1 heterocycles. The number of carbonyl (C=O) groups is 1. The van der Waals surface area contributed by atoms with E-state index in [4.69, 9.17) is 4.74 Å². The van der Waals surface area contributed by atoms with Crippen molar-refractivity contribution in [2.45, 2.75) is 26.4 Å². The van der Waals surface area contributed by atoms with Crippen molar-refractivity contribution in [2.24, 2.45) is 0 Å². The lowest BCUT2D eigenvalue weighted by Gasteiger charge is -2.20. The molecule has 1 aromatic heterocycles. The van der Waals surface area contributed by atoms with Crippen LogP contribution in [0, 0.1) is 5.82 Å². The second-order valence-corrected chi connectivity index (χ2v) is 7.26. The number of hydrogen-bond acceptors (Lipinski definition) is 2. The molecular formula is C15H14Br2FNO2. The van der Waals surface area contributed by atoms with Gasteiger partial charge in [-0.1, -0.05) is 6.07 Å². The number of carbonyl (C=O) groups excluding carboxylic acids is 1. The van der Waals surface area contributed by atoms with Gasteiger partial charge in [-0.05, 0) is 70.8 Å². The number of ether oxygens (including phenoxy) is 1. The maximum Gasteiger partial charge on any atom is 0.419 e. The molecule has 0 N–H and O–H groups in total. The highest BCUT2D eigenvalue weighted by atomic mass is 79.9. The SMILES string of the molecule is CC(C)(C)OC(=O)n1cc(Br)cc1-c1c(F)cccc1Br. The van der Waals surface area contributed by atoms with Gasteiger partial charge in [0.25, 0.3) is 0 Å². The highest BCUT2D eigenvalue weighted by Crippen LogP contribution is 2.33. The Labute approximate surface area is 139 Å². The van der Waals surface area contributed by atoms with Crippen LogP contribution in [0.15, 0.2) is 39.4 Å². The van der Waals surface area contributed by atoms with Crippen LogP contribution in [0.25, 0.3) is 11.3 Å². The summed E-state index contributed by atoms with van der Waals surface area (Å²) in [6, 6.07) is 6.34. The fraction of sp³-hybridized carbons (Fsp3) is 0.267. The van der Waals surface area contributed by atoms with Gasteiger partial charge in [0.2, 0.25) is 0 Å². The summed E-state index contributed by atoms with van der Waals surface area (Å²) in [6.45, 7) is 5.34. The molecule has 2 rings (SSSR count). The molecule has 1 aromatic carbocycles. The molecule has 0 saturated carbocycles. The monoisotopic (exact) mass is 417 g/mol. The number of aromatic nitrogens is 1. The largest absolute Gasteiger partial charge is 0.443 e. The van der Waals surface area contributed by atoms with Crippen LogP contribution in [0.1, 0.15) is 20.8 Å². The second-order valence-electron chi connectivity index (χ2n) is 5.49. The van der Waals surface area contributed by atoms with Gasteiger partial charge >= 0.3 is 6.09 Å². The normalized spacial score (nSPS) is 11.5. The predicted molar refractivity (Wildman–Crippen MR) is 86.9 cm³/mol. The standard InChI is InChI=1S/C15H14Br2FNO2/c1-15(2,3)21-14(20)19-8-9(16)7-12(19)13-10(17)5-4-6-11(13)18/h4-8H,1-3H3. The summed E-state index contributed by atoms with van der Waals surface area (Å²) in [6.07, 6.45) is 1.00. The maximum atomic E-state index is 14.1. The van der Waals surface area contributed by atoms with Crippen molar-refractivity contribution in [1.29, 1.82) is 0 Å². The van der Waals surface area contributed by atoms with Crippen LogP contribution in [0.4, 0.5) is 9.18 Å². The first-order valence-electron chi connectivity index (χ1n) is 6.24. The van der Waals surface area contributed by atoms with Crippen molar-refractivity contribution in [3.05, 3.63) is 45.2 Å². The van der Waals surface area contributed by atoms with Gasteiger partial charge in [0.1, 0.15) is 11.4 Å². The first kappa shape index (κ1) is 16.2. The summed E-state index contributed by atoms with van der Waals surface area (Å²) in [5, 5.41) is 0. The van der Waals surface area contributed by atoms with Crippen molar-refractivity contribution in [1.82, 2.24) is 4.57 Å². The van der Waals surface area contributed by atoms with E-state index in [1.807, 2.05) is 0 Å². The molecule has 112 valence electrons. The lowest BCUT2D eigenvalue weighted by molar-refractivity contribution is 0.0540. The molecule has 0 fully saturated rings. The molecule has 0 bridgehead atoms. The van der Waals surface area contributed by atoms with Gasteiger partial charge in [-0.2, -0.15) is 0 Å². The number of halogens is 3. The Balaban J connectivity index is 2.54. The van der Waals surface area contributed by atoms with E-state index >= 15 is 0 Å². The third-order valence-corrected chi connectivity index (χ3v) is 3.69. The van der Waals surface area contributed by atoms with Crippen molar-refractivity contribution >= 4 is 38.0 Å². The van der Waals surface area contributed by atoms with Crippen LogP contribution in [-0.2, 0) is 4.74 Å². The number of hydrogen-bond donors (Lipinski definition) is 0. The maximum absolute atomic E-state index is 14.1. The molecule has 0 spiro atoms. The summed E-state index contributed by atoms with van der Waals surface area (Å²) in [5.41, 5.74) is 0.104. The van der Waals surface area contributed by atoms with Gasteiger partial charge in [0, 0.05) is 20.7 Å². The molecule has 0 aliphatic heterocycles. The number of rotatable bonds is 1. The Morgan fingerprint density at radius 3 is 2.52 bits per heavy atom. The first-order chi connectivity index (χ1) is 9.69. The molecule has 2 aromatic rings. The first-order valence-corrected chi connectivity index (χ1v) is 7.83. The smallest absolute Gasteiger partial charge is 0.419 e. The molecule has 0 aliphatic rings. The molecular weight excluding hydrogens is 405 g/mol. The summed E-state index contributed by atoms with van der Waals surface area (Å²) in [7, 11) is 0.